The lowest BCUT2D eigenvalue weighted by atomic mass is 10.1. The Hall–Kier alpha value is -2.71. The summed E-state index contributed by atoms with van der Waals surface area (Å²) in [7, 11) is 1.42. The van der Waals surface area contributed by atoms with Crippen molar-refractivity contribution in [3.05, 3.63) is 68.5 Å². The van der Waals surface area contributed by atoms with E-state index in [1.165, 1.54) is 31.3 Å². The van der Waals surface area contributed by atoms with Crippen LogP contribution in [0.5, 0.6) is 0 Å². The molecule has 7 nitrogen and oxygen atoms in total. The van der Waals surface area contributed by atoms with Gasteiger partial charge in [0.25, 0.3) is 11.6 Å². The van der Waals surface area contributed by atoms with E-state index in [9.17, 15) is 24.4 Å². The van der Waals surface area contributed by atoms with Crippen LogP contribution in [-0.2, 0) is 0 Å². The molecule has 0 heterocycles. The van der Waals surface area contributed by atoms with Crippen molar-refractivity contribution < 1.29 is 19.2 Å². The van der Waals surface area contributed by atoms with Crippen LogP contribution in [-0.4, -0.2) is 29.5 Å². The Labute approximate surface area is 147 Å². The van der Waals surface area contributed by atoms with Crippen LogP contribution in [0.4, 0.5) is 15.8 Å². The number of carbonyl (C=O) groups is 1. The summed E-state index contributed by atoms with van der Waals surface area (Å²) in [6.07, 6.45) is -1.11. The number of nitrogens with zero attached hydrogens (tertiary/aromatic N) is 1. The van der Waals surface area contributed by atoms with Gasteiger partial charge in [0.05, 0.1) is 16.0 Å². The molecule has 132 valence electrons. The molecule has 25 heavy (non-hydrogen) atoms. The Morgan fingerprint density at radius 3 is 2.68 bits per heavy atom. The van der Waals surface area contributed by atoms with Gasteiger partial charge in [-0.2, -0.15) is 0 Å². The summed E-state index contributed by atoms with van der Waals surface area (Å²) >= 11 is 5.59. The Balaban J connectivity index is 2.17. The third-order valence-corrected chi connectivity index (χ3v) is 3.80. The lowest BCUT2D eigenvalue weighted by Gasteiger charge is -2.14. The van der Waals surface area contributed by atoms with E-state index >= 15 is 0 Å². The van der Waals surface area contributed by atoms with Gasteiger partial charge < -0.3 is 15.7 Å². The van der Waals surface area contributed by atoms with Gasteiger partial charge in [-0.05, 0) is 29.8 Å². The van der Waals surface area contributed by atoms with Crippen LogP contribution < -0.4 is 10.6 Å². The number of rotatable bonds is 6. The number of aliphatic hydroxyl groups is 1. The van der Waals surface area contributed by atoms with Gasteiger partial charge in [-0.15, -0.1) is 0 Å². The Morgan fingerprint density at radius 2 is 2.08 bits per heavy atom. The molecule has 1 atom stereocenters. The molecular formula is C16H15ClFN3O4. The van der Waals surface area contributed by atoms with E-state index in [1.54, 1.807) is 0 Å². The largest absolute Gasteiger partial charge is 0.387 e. The summed E-state index contributed by atoms with van der Waals surface area (Å²) < 4.78 is 13.4. The van der Waals surface area contributed by atoms with E-state index in [0.717, 1.165) is 12.1 Å². The summed E-state index contributed by atoms with van der Waals surface area (Å²) in [6.45, 7) is -0.0960. The second kappa shape index (κ2) is 7.91. The van der Waals surface area contributed by atoms with Gasteiger partial charge >= 0.3 is 0 Å². The van der Waals surface area contributed by atoms with Crippen LogP contribution >= 0.6 is 11.6 Å². The number of nitrogens with one attached hydrogen (secondary N) is 2. The van der Waals surface area contributed by atoms with Gasteiger partial charge in [-0.3, -0.25) is 14.9 Å². The Morgan fingerprint density at radius 1 is 1.36 bits per heavy atom. The van der Waals surface area contributed by atoms with E-state index < -0.39 is 22.8 Å². The van der Waals surface area contributed by atoms with E-state index in [2.05, 4.69) is 10.6 Å². The van der Waals surface area contributed by atoms with E-state index in [0.29, 0.717) is 0 Å². The highest BCUT2D eigenvalue weighted by Crippen LogP contribution is 2.27. The highest BCUT2D eigenvalue weighted by molar-refractivity contribution is 6.30. The minimum atomic E-state index is -1.11. The standard InChI is InChI=1S/C16H15ClFN3O4/c1-19-16(23)10-3-5-13(14(7-10)21(24)25)20-8-15(22)9-2-4-11(17)12(18)6-9/h2-7,15,20,22H,8H2,1H3,(H,19,23). The molecule has 3 N–H and O–H groups in total. The van der Waals surface area contributed by atoms with E-state index in [1.807, 2.05) is 0 Å². The van der Waals surface area contributed by atoms with Gasteiger partial charge in [-0.1, -0.05) is 17.7 Å². The molecule has 0 aliphatic carbocycles. The molecule has 0 saturated heterocycles. The van der Waals surface area contributed by atoms with Crippen molar-refractivity contribution in [1.82, 2.24) is 5.32 Å². The number of anilines is 1. The first-order valence-electron chi connectivity index (χ1n) is 7.21. The predicted molar refractivity (Wildman–Crippen MR) is 91.3 cm³/mol. The summed E-state index contributed by atoms with van der Waals surface area (Å²) in [5, 5.41) is 26.3. The molecular weight excluding hydrogens is 353 g/mol. The second-order valence-electron chi connectivity index (χ2n) is 5.14. The van der Waals surface area contributed by atoms with Crippen LogP contribution in [0.3, 0.4) is 0 Å². The highest BCUT2D eigenvalue weighted by Gasteiger charge is 2.18. The first-order valence-corrected chi connectivity index (χ1v) is 7.58. The third-order valence-electron chi connectivity index (χ3n) is 3.50. The molecule has 0 fully saturated rings. The molecule has 0 aliphatic rings. The fraction of sp³-hybridized carbons (Fsp3) is 0.188. The Kier molecular flexibility index (Phi) is 5.89. The maximum absolute atomic E-state index is 13.4. The fourth-order valence-electron chi connectivity index (χ4n) is 2.16. The average molecular weight is 368 g/mol. The molecule has 2 aromatic carbocycles. The van der Waals surface area contributed by atoms with Crippen molar-refractivity contribution in [3.8, 4) is 0 Å². The number of halogens is 2. The van der Waals surface area contributed by atoms with Crippen LogP contribution in [0.2, 0.25) is 5.02 Å². The normalized spacial score (nSPS) is 11.7. The van der Waals surface area contributed by atoms with Crippen molar-refractivity contribution in [2.75, 3.05) is 18.9 Å². The molecule has 9 heteroatoms. The minimum Gasteiger partial charge on any atom is -0.387 e. The first kappa shape index (κ1) is 18.6. The summed E-state index contributed by atoms with van der Waals surface area (Å²) in [5.74, 6) is -1.12. The van der Waals surface area contributed by atoms with Gasteiger partial charge in [0.1, 0.15) is 11.5 Å². The maximum Gasteiger partial charge on any atom is 0.293 e. The van der Waals surface area contributed by atoms with Crippen molar-refractivity contribution in [2.24, 2.45) is 0 Å². The molecule has 0 spiro atoms. The SMILES string of the molecule is CNC(=O)c1ccc(NCC(O)c2ccc(Cl)c(F)c2)c([N+](=O)[O-])c1. The third kappa shape index (κ3) is 4.43. The molecule has 1 unspecified atom stereocenters. The lowest BCUT2D eigenvalue weighted by Crippen LogP contribution is -2.18. The minimum absolute atomic E-state index is 0.0654. The van der Waals surface area contributed by atoms with Gasteiger partial charge in [0, 0.05) is 25.2 Å². The van der Waals surface area contributed by atoms with Gasteiger partial charge in [-0.25, -0.2) is 4.39 Å². The smallest absolute Gasteiger partial charge is 0.293 e. The molecule has 0 saturated carbocycles. The monoisotopic (exact) mass is 367 g/mol. The van der Waals surface area contributed by atoms with Gasteiger partial charge in [0.15, 0.2) is 0 Å². The zero-order valence-corrected chi connectivity index (χ0v) is 13.9. The molecule has 0 aliphatic heterocycles. The molecule has 0 aromatic heterocycles. The molecule has 0 radical (unpaired) electrons. The first-order chi connectivity index (χ1) is 11.8. The molecule has 1 amide bonds. The summed E-state index contributed by atoms with van der Waals surface area (Å²) in [6, 6.07) is 7.80. The quantitative estimate of drug-likeness (QED) is 0.538. The number of nitro benzene ring substituents is 1. The highest BCUT2D eigenvalue weighted by atomic mass is 35.5. The number of nitro groups is 1. The van der Waals surface area contributed by atoms with Crippen molar-refractivity contribution in [3.63, 3.8) is 0 Å². The fourth-order valence-corrected chi connectivity index (χ4v) is 2.28. The number of hydrogen-bond acceptors (Lipinski definition) is 5. The van der Waals surface area contributed by atoms with Crippen LogP contribution in [0, 0.1) is 15.9 Å². The molecule has 0 bridgehead atoms. The van der Waals surface area contributed by atoms with Crippen LogP contribution in [0.25, 0.3) is 0 Å². The molecule has 2 aromatic rings. The van der Waals surface area contributed by atoms with E-state index in [4.69, 9.17) is 11.6 Å². The topological polar surface area (TPSA) is 104 Å². The Bertz CT molecular complexity index is 816. The predicted octanol–water partition coefficient (Wildman–Crippen LogP) is 2.89. The zero-order valence-electron chi connectivity index (χ0n) is 13.1. The lowest BCUT2D eigenvalue weighted by molar-refractivity contribution is -0.384. The number of aliphatic hydroxyl groups excluding tert-OH is 1. The maximum atomic E-state index is 13.4. The number of amides is 1. The summed E-state index contributed by atoms with van der Waals surface area (Å²) in [4.78, 5) is 22.1. The van der Waals surface area contributed by atoms with Crippen molar-refractivity contribution >= 4 is 28.9 Å². The van der Waals surface area contributed by atoms with Crippen molar-refractivity contribution in [1.29, 1.82) is 0 Å². The van der Waals surface area contributed by atoms with Crippen LogP contribution in [0.1, 0.15) is 22.0 Å². The average Bonchev–Trinajstić information content (AvgIpc) is 2.61. The number of carbonyl (C=O) groups excluding carboxylic acids is 1. The van der Waals surface area contributed by atoms with Crippen LogP contribution in [0.15, 0.2) is 36.4 Å². The van der Waals surface area contributed by atoms with Crippen molar-refractivity contribution in [2.45, 2.75) is 6.10 Å². The summed E-state index contributed by atoms with van der Waals surface area (Å²) in [5.41, 5.74) is 0.237. The molecule has 2 rings (SSSR count). The van der Waals surface area contributed by atoms with Gasteiger partial charge in [0.2, 0.25) is 0 Å². The zero-order chi connectivity index (χ0) is 18.6. The number of benzene rings is 2. The second-order valence-corrected chi connectivity index (χ2v) is 5.55. The van der Waals surface area contributed by atoms with E-state index in [-0.39, 0.29) is 34.1 Å². The number of hydrogen-bond donors (Lipinski definition) is 3.